The van der Waals surface area contributed by atoms with Crippen molar-refractivity contribution < 1.29 is 9.53 Å². The molecule has 1 amide bonds. The van der Waals surface area contributed by atoms with Gasteiger partial charge in [0, 0.05) is 16.0 Å². The number of nitrogens with zero attached hydrogens (tertiary/aromatic N) is 1. The molecule has 3 rings (SSSR count). The van der Waals surface area contributed by atoms with Crippen molar-refractivity contribution in [2.45, 2.75) is 20.0 Å². The second kappa shape index (κ2) is 7.68. The van der Waals surface area contributed by atoms with Gasteiger partial charge in [0.15, 0.2) is 11.2 Å². The molecule has 0 aliphatic heterocycles. The molecule has 25 heavy (non-hydrogen) atoms. The summed E-state index contributed by atoms with van der Waals surface area (Å²) in [6.45, 7) is 3.69. The fraction of sp³-hybridized carbons (Fsp3) is 0.158. The Morgan fingerprint density at radius 2 is 2.00 bits per heavy atom. The number of aromatic nitrogens is 1. The largest absolute Gasteiger partial charge is 0.481 e. The average molecular weight is 373 g/mol. The van der Waals surface area contributed by atoms with E-state index in [9.17, 15) is 4.79 Å². The molecule has 0 spiro atoms. The first-order valence-electron chi connectivity index (χ1n) is 7.77. The fourth-order valence-electron chi connectivity index (χ4n) is 2.24. The summed E-state index contributed by atoms with van der Waals surface area (Å²) in [4.78, 5) is 16.7. The van der Waals surface area contributed by atoms with Gasteiger partial charge in [0.1, 0.15) is 5.75 Å². The first-order chi connectivity index (χ1) is 12.0. The first kappa shape index (κ1) is 17.5. The molecule has 0 aliphatic rings. The number of benzene rings is 2. The standard InChI is InChI=1S/C19H17ClN2O2S/c1-12-4-3-5-16(10-12)24-13(2)18(23)22-19-21-17(11-25-19)14-6-8-15(20)9-7-14/h3-11,13H,1-2H3,(H,21,22,23)/t13-/m0/s1. The van der Waals surface area contributed by atoms with E-state index in [4.69, 9.17) is 16.3 Å². The minimum atomic E-state index is -0.621. The molecule has 2 aromatic carbocycles. The number of ether oxygens (including phenoxy) is 1. The van der Waals surface area contributed by atoms with Gasteiger partial charge < -0.3 is 4.74 Å². The fourth-order valence-corrected chi connectivity index (χ4v) is 3.09. The zero-order valence-corrected chi connectivity index (χ0v) is 15.4. The van der Waals surface area contributed by atoms with Gasteiger partial charge in [-0.3, -0.25) is 10.1 Å². The van der Waals surface area contributed by atoms with Crippen molar-refractivity contribution in [3.8, 4) is 17.0 Å². The topological polar surface area (TPSA) is 51.2 Å². The maximum Gasteiger partial charge on any atom is 0.266 e. The van der Waals surface area contributed by atoms with Gasteiger partial charge in [-0.1, -0.05) is 35.9 Å². The molecule has 0 radical (unpaired) electrons. The predicted octanol–water partition coefficient (Wildman–Crippen LogP) is 5.18. The van der Waals surface area contributed by atoms with E-state index >= 15 is 0 Å². The van der Waals surface area contributed by atoms with Crippen LogP contribution in [0.5, 0.6) is 5.75 Å². The summed E-state index contributed by atoms with van der Waals surface area (Å²) >= 11 is 7.27. The van der Waals surface area contributed by atoms with Crippen LogP contribution < -0.4 is 10.1 Å². The van der Waals surface area contributed by atoms with E-state index in [1.165, 1.54) is 11.3 Å². The highest BCUT2D eigenvalue weighted by atomic mass is 35.5. The highest BCUT2D eigenvalue weighted by molar-refractivity contribution is 7.14. The van der Waals surface area contributed by atoms with Gasteiger partial charge in [-0.15, -0.1) is 11.3 Å². The second-order valence-electron chi connectivity index (χ2n) is 5.61. The Bertz CT molecular complexity index is 877. The van der Waals surface area contributed by atoms with Crippen molar-refractivity contribution in [2.24, 2.45) is 0 Å². The zero-order chi connectivity index (χ0) is 17.8. The number of nitrogens with one attached hydrogen (secondary N) is 1. The molecule has 1 atom stereocenters. The monoisotopic (exact) mass is 372 g/mol. The maximum atomic E-state index is 12.3. The van der Waals surface area contributed by atoms with Crippen LogP contribution in [-0.4, -0.2) is 17.0 Å². The summed E-state index contributed by atoms with van der Waals surface area (Å²) < 4.78 is 5.68. The van der Waals surface area contributed by atoms with Crippen LogP contribution in [0.2, 0.25) is 5.02 Å². The number of rotatable bonds is 5. The molecule has 0 unspecified atom stereocenters. The lowest BCUT2D eigenvalue weighted by molar-refractivity contribution is -0.122. The minimum absolute atomic E-state index is 0.237. The normalized spacial score (nSPS) is 11.8. The van der Waals surface area contributed by atoms with Crippen molar-refractivity contribution in [1.82, 2.24) is 4.98 Å². The number of halogens is 1. The number of carbonyl (C=O) groups is 1. The van der Waals surface area contributed by atoms with Gasteiger partial charge in [-0.25, -0.2) is 4.98 Å². The van der Waals surface area contributed by atoms with E-state index in [2.05, 4.69) is 10.3 Å². The molecular formula is C19H17ClN2O2S. The molecule has 4 nitrogen and oxygen atoms in total. The Morgan fingerprint density at radius 3 is 2.72 bits per heavy atom. The molecule has 0 bridgehead atoms. The highest BCUT2D eigenvalue weighted by Gasteiger charge is 2.16. The van der Waals surface area contributed by atoms with Crippen molar-refractivity contribution >= 4 is 34.0 Å². The summed E-state index contributed by atoms with van der Waals surface area (Å²) in [5.74, 6) is 0.433. The Labute approximate surface area is 155 Å². The Hall–Kier alpha value is -2.37. The highest BCUT2D eigenvalue weighted by Crippen LogP contribution is 2.26. The lowest BCUT2D eigenvalue weighted by Crippen LogP contribution is -2.30. The first-order valence-corrected chi connectivity index (χ1v) is 9.03. The minimum Gasteiger partial charge on any atom is -0.481 e. The molecule has 1 heterocycles. The number of aryl methyl sites for hydroxylation is 1. The zero-order valence-electron chi connectivity index (χ0n) is 13.8. The third-order valence-electron chi connectivity index (χ3n) is 3.55. The van der Waals surface area contributed by atoms with Crippen molar-refractivity contribution in [3.05, 3.63) is 64.5 Å². The molecule has 0 aliphatic carbocycles. The molecule has 3 aromatic rings. The number of carbonyl (C=O) groups excluding carboxylic acids is 1. The van der Waals surface area contributed by atoms with Crippen LogP contribution in [0.15, 0.2) is 53.9 Å². The number of amides is 1. The summed E-state index contributed by atoms with van der Waals surface area (Å²) in [6.07, 6.45) is -0.621. The lowest BCUT2D eigenvalue weighted by Gasteiger charge is -2.14. The Kier molecular flexibility index (Phi) is 5.36. The predicted molar refractivity (Wildman–Crippen MR) is 102 cm³/mol. The van der Waals surface area contributed by atoms with Crippen molar-refractivity contribution in [1.29, 1.82) is 0 Å². The molecule has 1 aromatic heterocycles. The molecule has 0 fully saturated rings. The van der Waals surface area contributed by atoms with E-state index in [1.807, 2.05) is 60.8 Å². The number of thiazole rings is 1. The summed E-state index contributed by atoms with van der Waals surface area (Å²) in [6, 6.07) is 15.0. The van der Waals surface area contributed by atoms with Gasteiger partial charge in [-0.2, -0.15) is 0 Å². The number of hydrogen-bond donors (Lipinski definition) is 1. The van der Waals surface area contributed by atoms with Gasteiger partial charge in [0.2, 0.25) is 0 Å². The van der Waals surface area contributed by atoms with Crippen LogP contribution in [-0.2, 0) is 4.79 Å². The van der Waals surface area contributed by atoms with Gasteiger partial charge >= 0.3 is 0 Å². The van der Waals surface area contributed by atoms with E-state index in [1.54, 1.807) is 6.92 Å². The van der Waals surface area contributed by atoms with E-state index in [0.717, 1.165) is 16.8 Å². The molecule has 0 saturated carbocycles. The van der Waals surface area contributed by atoms with Crippen LogP contribution >= 0.6 is 22.9 Å². The number of hydrogen-bond acceptors (Lipinski definition) is 4. The summed E-state index contributed by atoms with van der Waals surface area (Å²) in [7, 11) is 0. The summed E-state index contributed by atoms with van der Waals surface area (Å²) in [5, 5.41) is 5.90. The third kappa shape index (κ3) is 4.59. The van der Waals surface area contributed by atoms with Crippen LogP contribution in [0.4, 0.5) is 5.13 Å². The third-order valence-corrected chi connectivity index (χ3v) is 4.56. The lowest BCUT2D eigenvalue weighted by atomic mass is 10.2. The number of anilines is 1. The Balaban J connectivity index is 1.64. The van der Waals surface area contributed by atoms with Gasteiger partial charge in [0.25, 0.3) is 5.91 Å². The van der Waals surface area contributed by atoms with Gasteiger partial charge in [0.05, 0.1) is 5.69 Å². The molecular weight excluding hydrogens is 356 g/mol. The van der Waals surface area contributed by atoms with Crippen LogP contribution in [0.3, 0.4) is 0 Å². The summed E-state index contributed by atoms with van der Waals surface area (Å²) in [5.41, 5.74) is 2.83. The van der Waals surface area contributed by atoms with E-state index in [-0.39, 0.29) is 5.91 Å². The van der Waals surface area contributed by atoms with Crippen molar-refractivity contribution in [3.63, 3.8) is 0 Å². The molecule has 6 heteroatoms. The van der Waals surface area contributed by atoms with Crippen LogP contribution in [0.1, 0.15) is 12.5 Å². The Morgan fingerprint density at radius 1 is 1.24 bits per heavy atom. The van der Waals surface area contributed by atoms with Gasteiger partial charge in [-0.05, 0) is 43.7 Å². The molecule has 128 valence electrons. The van der Waals surface area contributed by atoms with E-state index in [0.29, 0.717) is 15.9 Å². The molecule has 0 saturated heterocycles. The quantitative estimate of drug-likeness (QED) is 0.671. The van der Waals surface area contributed by atoms with Crippen molar-refractivity contribution in [2.75, 3.05) is 5.32 Å². The smallest absolute Gasteiger partial charge is 0.266 e. The second-order valence-corrected chi connectivity index (χ2v) is 6.91. The van der Waals surface area contributed by atoms with E-state index < -0.39 is 6.10 Å². The van der Waals surface area contributed by atoms with Crippen LogP contribution in [0.25, 0.3) is 11.3 Å². The maximum absolute atomic E-state index is 12.3. The average Bonchev–Trinajstić information content (AvgIpc) is 3.04. The SMILES string of the molecule is Cc1cccc(O[C@@H](C)C(=O)Nc2nc(-c3ccc(Cl)cc3)cs2)c1. The molecule has 1 N–H and O–H groups in total. The van der Waals surface area contributed by atoms with Crippen LogP contribution in [0, 0.1) is 6.92 Å².